The van der Waals surface area contributed by atoms with Gasteiger partial charge in [-0.3, -0.25) is 9.89 Å². The van der Waals surface area contributed by atoms with E-state index in [2.05, 4.69) is 42.8 Å². The first-order valence-corrected chi connectivity index (χ1v) is 9.36. The van der Waals surface area contributed by atoms with Gasteiger partial charge in [-0.05, 0) is 22.4 Å². The molecule has 0 atom stereocenters. The van der Waals surface area contributed by atoms with Crippen LogP contribution in [0.15, 0.2) is 47.1 Å². The van der Waals surface area contributed by atoms with Crippen molar-refractivity contribution in [3.63, 3.8) is 0 Å². The molecule has 1 aliphatic rings. The SMILES string of the molecule is O=C(c1cc(-n2cnnn2)n[nH]1)N1CCc2oc(CCc3ccccc3)nc2C1. The lowest BCUT2D eigenvalue weighted by molar-refractivity contribution is 0.0722. The van der Waals surface area contributed by atoms with Crippen molar-refractivity contribution >= 4 is 5.91 Å². The number of tetrazole rings is 1. The molecule has 1 amide bonds. The zero-order chi connectivity index (χ0) is 19.6. The maximum Gasteiger partial charge on any atom is 0.272 e. The maximum atomic E-state index is 12.8. The summed E-state index contributed by atoms with van der Waals surface area (Å²) in [5.41, 5.74) is 2.46. The molecule has 0 bridgehead atoms. The summed E-state index contributed by atoms with van der Waals surface area (Å²) in [5, 5.41) is 17.8. The van der Waals surface area contributed by atoms with Gasteiger partial charge in [-0.1, -0.05) is 30.3 Å². The molecule has 0 spiro atoms. The van der Waals surface area contributed by atoms with Crippen LogP contribution in [-0.4, -0.2) is 52.7 Å². The number of rotatable bonds is 5. The summed E-state index contributed by atoms with van der Waals surface area (Å²) >= 11 is 0. The van der Waals surface area contributed by atoms with Gasteiger partial charge in [0.15, 0.2) is 11.7 Å². The highest BCUT2D eigenvalue weighted by Crippen LogP contribution is 2.22. The predicted molar refractivity (Wildman–Crippen MR) is 100 cm³/mol. The summed E-state index contributed by atoms with van der Waals surface area (Å²) in [6.45, 7) is 0.987. The summed E-state index contributed by atoms with van der Waals surface area (Å²) < 4.78 is 7.31. The highest BCUT2D eigenvalue weighted by molar-refractivity contribution is 5.92. The first kappa shape index (κ1) is 17.3. The second kappa shape index (κ2) is 7.30. The van der Waals surface area contributed by atoms with Crippen molar-refractivity contribution in [3.8, 4) is 5.82 Å². The van der Waals surface area contributed by atoms with E-state index in [1.807, 2.05) is 18.2 Å². The molecule has 4 aromatic rings. The molecule has 1 N–H and O–H groups in total. The fourth-order valence-corrected chi connectivity index (χ4v) is 3.40. The number of hydrogen-bond acceptors (Lipinski definition) is 7. The molecule has 0 saturated carbocycles. The normalized spacial score (nSPS) is 13.4. The molecule has 0 radical (unpaired) electrons. The van der Waals surface area contributed by atoms with Crippen molar-refractivity contribution in [2.75, 3.05) is 6.54 Å². The number of amides is 1. The van der Waals surface area contributed by atoms with Gasteiger partial charge < -0.3 is 9.32 Å². The number of aromatic nitrogens is 7. The van der Waals surface area contributed by atoms with Gasteiger partial charge in [0, 0.05) is 25.5 Å². The first-order chi connectivity index (χ1) is 14.3. The van der Waals surface area contributed by atoms with E-state index in [-0.39, 0.29) is 5.91 Å². The summed E-state index contributed by atoms with van der Waals surface area (Å²) in [6, 6.07) is 11.9. The Labute approximate surface area is 165 Å². The molecule has 1 aliphatic heterocycles. The van der Waals surface area contributed by atoms with Crippen LogP contribution in [-0.2, 0) is 25.8 Å². The van der Waals surface area contributed by atoms with Crippen LogP contribution in [0.1, 0.15) is 33.4 Å². The van der Waals surface area contributed by atoms with E-state index in [1.54, 1.807) is 11.0 Å². The Bertz CT molecular complexity index is 1120. The minimum Gasteiger partial charge on any atom is -0.445 e. The fraction of sp³-hybridized carbons (Fsp3) is 0.263. The average molecular weight is 390 g/mol. The molecule has 146 valence electrons. The second-order valence-corrected chi connectivity index (χ2v) is 6.83. The average Bonchev–Trinajstić information content (AvgIpc) is 3.52. The second-order valence-electron chi connectivity index (χ2n) is 6.83. The number of carbonyl (C=O) groups is 1. The predicted octanol–water partition coefficient (Wildman–Crippen LogP) is 1.36. The van der Waals surface area contributed by atoms with Crippen LogP contribution >= 0.6 is 0 Å². The van der Waals surface area contributed by atoms with E-state index >= 15 is 0 Å². The number of nitrogens with zero attached hydrogens (tertiary/aromatic N) is 7. The van der Waals surface area contributed by atoms with E-state index in [9.17, 15) is 4.79 Å². The summed E-state index contributed by atoms with van der Waals surface area (Å²) in [4.78, 5) is 19.2. The van der Waals surface area contributed by atoms with Crippen LogP contribution in [0.25, 0.3) is 5.82 Å². The molecular weight excluding hydrogens is 372 g/mol. The maximum absolute atomic E-state index is 12.8. The van der Waals surface area contributed by atoms with E-state index in [4.69, 9.17) is 4.42 Å². The van der Waals surface area contributed by atoms with Crippen molar-refractivity contribution in [3.05, 3.63) is 71.3 Å². The van der Waals surface area contributed by atoms with E-state index < -0.39 is 0 Å². The number of hydrogen-bond donors (Lipinski definition) is 1. The van der Waals surface area contributed by atoms with Crippen molar-refractivity contribution in [2.45, 2.75) is 25.8 Å². The number of carbonyl (C=O) groups excluding carboxylic acids is 1. The molecule has 0 saturated heterocycles. The monoisotopic (exact) mass is 390 g/mol. The Morgan fingerprint density at radius 2 is 2.10 bits per heavy atom. The van der Waals surface area contributed by atoms with E-state index in [1.165, 1.54) is 16.6 Å². The van der Waals surface area contributed by atoms with Gasteiger partial charge in [0.05, 0.1) is 6.54 Å². The summed E-state index contributed by atoms with van der Waals surface area (Å²) in [7, 11) is 0. The number of nitrogens with one attached hydrogen (secondary N) is 1. The molecular formula is C19H18N8O2. The lowest BCUT2D eigenvalue weighted by Crippen LogP contribution is -2.36. The third-order valence-electron chi connectivity index (χ3n) is 4.91. The Morgan fingerprint density at radius 3 is 2.93 bits per heavy atom. The highest BCUT2D eigenvalue weighted by atomic mass is 16.4. The zero-order valence-corrected chi connectivity index (χ0v) is 15.5. The first-order valence-electron chi connectivity index (χ1n) is 9.36. The smallest absolute Gasteiger partial charge is 0.272 e. The summed E-state index contributed by atoms with van der Waals surface area (Å²) in [5.74, 6) is 1.91. The van der Waals surface area contributed by atoms with Crippen LogP contribution in [0, 0.1) is 0 Å². The summed E-state index contributed by atoms with van der Waals surface area (Å²) in [6.07, 6.45) is 3.68. The molecule has 29 heavy (non-hydrogen) atoms. The zero-order valence-electron chi connectivity index (χ0n) is 15.5. The Morgan fingerprint density at radius 1 is 1.21 bits per heavy atom. The third-order valence-corrected chi connectivity index (χ3v) is 4.91. The Kier molecular flexibility index (Phi) is 4.35. The van der Waals surface area contributed by atoms with Crippen molar-refractivity contribution in [1.82, 2.24) is 40.3 Å². The molecule has 0 fully saturated rings. The molecule has 10 heteroatoms. The Balaban J connectivity index is 1.26. The number of fused-ring (bicyclic) bond motifs is 1. The minimum atomic E-state index is -0.142. The number of benzene rings is 1. The lowest BCUT2D eigenvalue weighted by atomic mass is 10.1. The van der Waals surface area contributed by atoms with Crippen LogP contribution < -0.4 is 0 Å². The number of aromatic amines is 1. The van der Waals surface area contributed by atoms with Gasteiger partial charge in [-0.2, -0.15) is 9.78 Å². The quantitative estimate of drug-likeness (QED) is 0.546. The van der Waals surface area contributed by atoms with Crippen LogP contribution in [0.3, 0.4) is 0 Å². The van der Waals surface area contributed by atoms with Crippen molar-refractivity contribution in [1.29, 1.82) is 0 Å². The van der Waals surface area contributed by atoms with E-state index in [0.29, 0.717) is 31.0 Å². The van der Waals surface area contributed by atoms with Gasteiger partial charge in [-0.25, -0.2) is 4.98 Å². The molecule has 10 nitrogen and oxygen atoms in total. The van der Waals surface area contributed by atoms with E-state index in [0.717, 1.165) is 30.2 Å². The molecule has 0 unspecified atom stereocenters. The number of aryl methyl sites for hydroxylation is 2. The Hall–Kier alpha value is -3.82. The van der Waals surface area contributed by atoms with Crippen molar-refractivity contribution < 1.29 is 9.21 Å². The number of oxazole rings is 1. The van der Waals surface area contributed by atoms with Gasteiger partial charge in [0.2, 0.25) is 0 Å². The molecule has 0 aliphatic carbocycles. The number of H-pyrrole nitrogens is 1. The van der Waals surface area contributed by atoms with Crippen LogP contribution in [0.2, 0.25) is 0 Å². The van der Waals surface area contributed by atoms with Crippen LogP contribution in [0.4, 0.5) is 0 Å². The van der Waals surface area contributed by atoms with Gasteiger partial charge in [0.1, 0.15) is 23.5 Å². The van der Waals surface area contributed by atoms with Crippen LogP contribution in [0.5, 0.6) is 0 Å². The van der Waals surface area contributed by atoms with Gasteiger partial charge in [-0.15, -0.1) is 5.10 Å². The molecule has 4 heterocycles. The van der Waals surface area contributed by atoms with Gasteiger partial charge in [0.25, 0.3) is 5.91 Å². The highest BCUT2D eigenvalue weighted by Gasteiger charge is 2.27. The van der Waals surface area contributed by atoms with Gasteiger partial charge >= 0.3 is 0 Å². The lowest BCUT2D eigenvalue weighted by Gasteiger charge is -2.24. The molecule has 5 rings (SSSR count). The molecule has 1 aromatic carbocycles. The van der Waals surface area contributed by atoms with Crippen molar-refractivity contribution in [2.24, 2.45) is 0 Å². The molecule has 3 aromatic heterocycles. The fourth-order valence-electron chi connectivity index (χ4n) is 3.40. The third kappa shape index (κ3) is 3.51. The minimum absolute atomic E-state index is 0.142. The standard InChI is InChI=1S/C19H18N8O2/c28-19(14-10-17(23-22-14)27-12-20-24-25-27)26-9-8-16-15(11-26)21-18(29-16)7-6-13-4-2-1-3-5-13/h1-5,10,12H,6-9,11H2,(H,22,23). The largest absolute Gasteiger partial charge is 0.445 e. The topological polar surface area (TPSA) is 119 Å².